The molecule has 5 aromatic rings. The van der Waals surface area contributed by atoms with Gasteiger partial charge in [-0.3, -0.25) is 4.99 Å². The Bertz CT molecular complexity index is 1930. The van der Waals surface area contributed by atoms with Crippen LogP contribution in [0.4, 0.5) is 11.4 Å². The molecule has 0 saturated heterocycles. The Morgan fingerprint density at radius 1 is 0.595 bits per heavy atom. The molecule has 5 heteroatoms. The van der Waals surface area contributed by atoms with Crippen LogP contribution < -0.4 is 4.90 Å². The Labute approximate surface area is 245 Å². The summed E-state index contributed by atoms with van der Waals surface area (Å²) in [4.78, 5) is 22.6. The molecule has 1 fully saturated rings. The number of rotatable bonds is 3. The van der Waals surface area contributed by atoms with Crippen molar-refractivity contribution in [3.63, 3.8) is 0 Å². The van der Waals surface area contributed by atoms with Gasteiger partial charge < -0.3 is 4.90 Å². The second-order valence-corrected chi connectivity index (χ2v) is 12.5. The summed E-state index contributed by atoms with van der Waals surface area (Å²) in [6.07, 6.45) is 2.17. The number of hydrogen-bond acceptors (Lipinski definition) is 5. The first-order chi connectivity index (χ1) is 20.5. The van der Waals surface area contributed by atoms with Gasteiger partial charge in [-0.05, 0) is 47.9 Å². The van der Waals surface area contributed by atoms with E-state index in [0.29, 0.717) is 23.4 Å². The summed E-state index contributed by atoms with van der Waals surface area (Å²) >= 11 is 0. The van der Waals surface area contributed by atoms with Crippen molar-refractivity contribution >= 4 is 17.1 Å². The monoisotopic (exact) mass is 543 g/mol. The van der Waals surface area contributed by atoms with Gasteiger partial charge in [0.2, 0.25) is 0 Å². The SMILES string of the molecule is CC1(C)C2=CN=C3C4C2N(c2ccccc21)c1ccc(-c2nc(-c5ccccc5)nc(-c5ccccc5)n2)cc1C34C. The van der Waals surface area contributed by atoms with Gasteiger partial charge in [0, 0.05) is 56.7 Å². The van der Waals surface area contributed by atoms with Crippen molar-refractivity contribution in [3.8, 4) is 34.2 Å². The lowest BCUT2D eigenvalue weighted by Crippen LogP contribution is -2.50. The molecular weight excluding hydrogens is 514 g/mol. The van der Waals surface area contributed by atoms with Crippen molar-refractivity contribution in [1.82, 2.24) is 15.0 Å². The Morgan fingerprint density at radius 2 is 1.17 bits per heavy atom. The lowest BCUT2D eigenvalue weighted by Gasteiger charge is -2.51. The molecule has 0 N–H and O–H groups in total. The normalized spacial score (nSPS) is 23.6. The third kappa shape index (κ3) is 3.03. The molecule has 3 unspecified atom stereocenters. The van der Waals surface area contributed by atoms with Crippen molar-refractivity contribution in [2.45, 2.75) is 37.6 Å². The van der Waals surface area contributed by atoms with Crippen LogP contribution in [0.1, 0.15) is 31.9 Å². The first kappa shape index (κ1) is 23.8. The van der Waals surface area contributed by atoms with Crippen molar-refractivity contribution < 1.29 is 0 Å². The molecule has 5 nitrogen and oxygen atoms in total. The molecule has 4 heterocycles. The molecule has 1 aliphatic carbocycles. The van der Waals surface area contributed by atoms with E-state index in [0.717, 1.165) is 16.7 Å². The van der Waals surface area contributed by atoms with Gasteiger partial charge in [0.25, 0.3) is 0 Å². The molecule has 4 aromatic carbocycles. The maximum Gasteiger partial charge on any atom is 0.164 e. The van der Waals surface area contributed by atoms with E-state index >= 15 is 0 Å². The highest BCUT2D eigenvalue weighted by Crippen LogP contribution is 2.67. The largest absolute Gasteiger partial charge is 0.333 e. The summed E-state index contributed by atoms with van der Waals surface area (Å²) < 4.78 is 0. The van der Waals surface area contributed by atoms with E-state index in [1.54, 1.807) is 0 Å². The van der Waals surface area contributed by atoms with Crippen LogP contribution in [0.3, 0.4) is 0 Å². The summed E-state index contributed by atoms with van der Waals surface area (Å²) in [5.74, 6) is 2.40. The van der Waals surface area contributed by atoms with E-state index in [9.17, 15) is 0 Å². The molecule has 0 spiro atoms. The Kier molecular flexibility index (Phi) is 4.58. The first-order valence-corrected chi connectivity index (χ1v) is 14.7. The van der Waals surface area contributed by atoms with Crippen LogP contribution >= 0.6 is 0 Å². The van der Waals surface area contributed by atoms with E-state index in [1.807, 2.05) is 36.4 Å². The molecule has 0 radical (unpaired) electrons. The molecule has 3 aliphatic heterocycles. The van der Waals surface area contributed by atoms with E-state index in [4.69, 9.17) is 19.9 Å². The Morgan fingerprint density at radius 3 is 1.83 bits per heavy atom. The van der Waals surface area contributed by atoms with Crippen molar-refractivity contribution in [2.75, 3.05) is 4.90 Å². The minimum Gasteiger partial charge on any atom is -0.333 e. The molecule has 3 atom stereocenters. The average molecular weight is 544 g/mol. The second kappa shape index (κ2) is 8.10. The van der Waals surface area contributed by atoms with Gasteiger partial charge in [0.1, 0.15) is 0 Å². The summed E-state index contributed by atoms with van der Waals surface area (Å²) in [6, 6.07) is 36.3. The number of fused-ring (bicyclic) bond motifs is 6. The molecule has 42 heavy (non-hydrogen) atoms. The van der Waals surface area contributed by atoms with E-state index < -0.39 is 0 Å². The molecule has 9 rings (SSSR count). The van der Waals surface area contributed by atoms with Gasteiger partial charge in [-0.25, -0.2) is 15.0 Å². The smallest absolute Gasteiger partial charge is 0.164 e. The van der Waals surface area contributed by atoms with Crippen LogP contribution in [-0.4, -0.2) is 26.7 Å². The minimum absolute atomic E-state index is 0.0692. The summed E-state index contributed by atoms with van der Waals surface area (Å²) in [5.41, 5.74) is 10.7. The third-order valence-corrected chi connectivity index (χ3v) is 9.95. The number of nitrogens with zero attached hydrogens (tertiary/aromatic N) is 5. The van der Waals surface area contributed by atoms with Crippen molar-refractivity contribution in [3.05, 3.63) is 126 Å². The van der Waals surface area contributed by atoms with Gasteiger partial charge in [-0.2, -0.15) is 0 Å². The molecular formula is C37H29N5. The lowest BCUT2D eigenvalue weighted by atomic mass is 9.67. The van der Waals surface area contributed by atoms with Gasteiger partial charge >= 0.3 is 0 Å². The van der Waals surface area contributed by atoms with Gasteiger partial charge in [0.05, 0.1) is 6.04 Å². The van der Waals surface area contributed by atoms with Crippen LogP contribution in [-0.2, 0) is 10.8 Å². The fraction of sp³-hybridized carbons (Fsp3) is 0.189. The number of hydrogen-bond donors (Lipinski definition) is 0. The van der Waals surface area contributed by atoms with E-state index in [-0.39, 0.29) is 16.9 Å². The Hall–Kier alpha value is -4.90. The van der Waals surface area contributed by atoms with Crippen LogP contribution in [0.15, 0.2) is 120 Å². The fourth-order valence-corrected chi connectivity index (χ4v) is 7.68. The number of benzene rings is 4. The van der Waals surface area contributed by atoms with Crippen molar-refractivity contribution in [1.29, 1.82) is 0 Å². The highest BCUT2D eigenvalue weighted by atomic mass is 15.2. The van der Waals surface area contributed by atoms with Crippen LogP contribution in [0.25, 0.3) is 34.2 Å². The standard InChI is InChI=1S/C37H29N5/c1-36(2)25-16-10-11-17-28(25)42-29-19-18-24(20-26(29)37(3)30-31(42)27(36)21-38-32(30)37)35-40-33(22-12-6-4-7-13-22)39-34(41-35)23-14-8-5-9-15-23/h4-21,30-31H,1-3H3. The molecule has 0 amide bonds. The highest BCUT2D eigenvalue weighted by Gasteiger charge is 2.70. The lowest BCUT2D eigenvalue weighted by molar-refractivity contribution is 0.455. The van der Waals surface area contributed by atoms with Crippen LogP contribution in [0.2, 0.25) is 0 Å². The molecule has 1 aromatic heterocycles. The third-order valence-electron chi connectivity index (χ3n) is 9.95. The molecule has 4 aliphatic rings. The molecule has 0 bridgehead atoms. The zero-order valence-corrected chi connectivity index (χ0v) is 23.8. The minimum atomic E-state index is -0.106. The van der Waals surface area contributed by atoms with Gasteiger partial charge in [-0.15, -0.1) is 0 Å². The zero-order valence-electron chi connectivity index (χ0n) is 23.8. The maximum atomic E-state index is 5.10. The number of aliphatic imine (C=N–C) groups is 1. The topological polar surface area (TPSA) is 54.3 Å². The summed E-state index contributed by atoms with van der Waals surface area (Å²) in [6.45, 7) is 7.07. The second-order valence-electron chi connectivity index (χ2n) is 12.5. The average Bonchev–Trinajstić information content (AvgIpc) is 3.68. The first-order valence-electron chi connectivity index (χ1n) is 14.7. The fourth-order valence-electron chi connectivity index (χ4n) is 7.68. The van der Waals surface area contributed by atoms with Crippen LogP contribution in [0, 0.1) is 5.92 Å². The number of aromatic nitrogens is 3. The summed E-state index contributed by atoms with van der Waals surface area (Å²) in [5, 5.41) is 0. The predicted octanol–water partition coefficient (Wildman–Crippen LogP) is 7.91. The van der Waals surface area contributed by atoms with E-state index in [1.165, 1.54) is 33.8 Å². The quantitative estimate of drug-likeness (QED) is 0.232. The van der Waals surface area contributed by atoms with E-state index in [2.05, 4.69) is 98.6 Å². The zero-order chi connectivity index (χ0) is 28.2. The van der Waals surface area contributed by atoms with Crippen molar-refractivity contribution in [2.24, 2.45) is 10.9 Å². The molecule has 202 valence electrons. The maximum absolute atomic E-state index is 5.10. The summed E-state index contributed by atoms with van der Waals surface area (Å²) in [7, 11) is 0. The van der Waals surface area contributed by atoms with Gasteiger partial charge in [-0.1, -0.05) is 92.7 Å². The highest BCUT2D eigenvalue weighted by molar-refractivity contribution is 6.18. The predicted molar refractivity (Wildman–Crippen MR) is 168 cm³/mol. The van der Waals surface area contributed by atoms with Gasteiger partial charge in [0.15, 0.2) is 17.5 Å². The van der Waals surface area contributed by atoms with Crippen LogP contribution in [0.5, 0.6) is 0 Å². The number of para-hydroxylation sites is 1. The Balaban J connectivity index is 1.25. The molecule has 1 saturated carbocycles. The number of anilines is 2.